The molecular formula is C21H17N5O. The van der Waals surface area contributed by atoms with Crippen molar-refractivity contribution in [3.63, 3.8) is 0 Å². The van der Waals surface area contributed by atoms with Crippen LogP contribution >= 0.6 is 0 Å². The topological polar surface area (TPSA) is 59.5 Å². The first-order valence-electron chi connectivity index (χ1n) is 8.74. The van der Waals surface area contributed by atoms with Gasteiger partial charge in [-0.1, -0.05) is 48.5 Å². The maximum Gasteiger partial charge on any atom is 0.185 e. The number of para-hydroxylation sites is 1. The SMILES string of the molecule is CN(Cc1cc2ccccc2o1)c1ccc2nnc(-c3ccccc3)n2n1. The number of hydrogen-bond donors (Lipinski definition) is 0. The van der Waals surface area contributed by atoms with E-state index in [-0.39, 0.29) is 0 Å². The molecule has 27 heavy (non-hydrogen) atoms. The normalized spacial score (nSPS) is 11.3. The van der Waals surface area contributed by atoms with Gasteiger partial charge in [0.15, 0.2) is 11.5 Å². The maximum atomic E-state index is 5.92. The van der Waals surface area contributed by atoms with Crippen LogP contribution in [0.1, 0.15) is 5.76 Å². The lowest BCUT2D eigenvalue weighted by atomic mass is 10.2. The van der Waals surface area contributed by atoms with Crippen LogP contribution in [0, 0.1) is 0 Å². The van der Waals surface area contributed by atoms with Crippen molar-refractivity contribution in [1.82, 2.24) is 19.8 Å². The summed E-state index contributed by atoms with van der Waals surface area (Å²) in [6.45, 7) is 0.621. The lowest BCUT2D eigenvalue weighted by molar-refractivity contribution is 0.544. The van der Waals surface area contributed by atoms with Crippen molar-refractivity contribution in [2.45, 2.75) is 6.54 Å². The van der Waals surface area contributed by atoms with E-state index >= 15 is 0 Å². The summed E-state index contributed by atoms with van der Waals surface area (Å²) in [4.78, 5) is 2.05. The summed E-state index contributed by atoms with van der Waals surface area (Å²) in [6.07, 6.45) is 0. The minimum atomic E-state index is 0.621. The molecule has 0 atom stereocenters. The molecular weight excluding hydrogens is 338 g/mol. The Labute approximate surface area is 155 Å². The van der Waals surface area contributed by atoms with E-state index < -0.39 is 0 Å². The third-order valence-electron chi connectivity index (χ3n) is 4.54. The molecule has 0 fully saturated rings. The average molecular weight is 355 g/mol. The molecule has 3 heterocycles. The van der Waals surface area contributed by atoms with Crippen LogP contribution in [-0.4, -0.2) is 26.9 Å². The molecule has 6 nitrogen and oxygen atoms in total. The highest BCUT2D eigenvalue weighted by atomic mass is 16.3. The van der Waals surface area contributed by atoms with Gasteiger partial charge in [0.1, 0.15) is 17.2 Å². The molecule has 5 aromatic rings. The summed E-state index contributed by atoms with van der Waals surface area (Å²) in [5.74, 6) is 2.44. The van der Waals surface area contributed by atoms with Crippen molar-refractivity contribution in [3.8, 4) is 11.4 Å². The minimum Gasteiger partial charge on any atom is -0.459 e. The van der Waals surface area contributed by atoms with Gasteiger partial charge in [-0.15, -0.1) is 15.3 Å². The van der Waals surface area contributed by atoms with Crippen LogP contribution in [0.4, 0.5) is 5.82 Å². The standard InChI is InChI=1S/C21H17N5O/c1-25(14-17-13-16-9-5-6-10-18(16)27-17)20-12-11-19-22-23-21(26(19)24-20)15-7-3-2-4-8-15/h2-13H,14H2,1H3. The van der Waals surface area contributed by atoms with Gasteiger partial charge in [-0.25, -0.2) is 0 Å². The monoisotopic (exact) mass is 355 g/mol. The van der Waals surface area contributed by atoms with Crippen LogP contribution in [0.2, 0.25) is 0 Å². The van der Waals surface area contributed by atoms with Crippen molar-refractivity contribution in [2.75, 3.05) is 11.9 Å². The van der Waals surface area contributed by atoms with Crippen LogP contribution in [0.5, 0.6) is 0 Å². The van der Waals surface area contributed by atoms with E-state index in [0.29, 0.717) is 6.54 Å². The molecule has 132 valence electrons. The van der Waals surface area contributed by atoms with Crippen LogP contribution in [0.15, 0.2) is 77.2 Å². The number of hydrogen-bond acceptors (Lipinski definition) is 5. The molecule has 2 aromatic carbocycles. The van der Waals surface area contributed by atoms with Crippen molar-refractivity contribution in [1.29, 1.82) is 0 Å². The second-order valence-corrected chi connectivity index (χ2v) is 6.46. The Morgan fingerprint density at radius 1 is 0.926 bits per heavy atom. The van der Waals surface area contributed by atoms with E-state index in [1.165, 1.54) is 0 Å². The van der Waals surface area contributed by atoms with Crippen molar-refractivity contribution < 1.29 is 4.42 Å². The van der Waals surface area contributed by atoms with E-state index in [0.717, 1.165) is 39.6 Å². The molecule has 0 saturated carbocycles. The Kier molecular flexibility index (Phi) is 3.60. The molecule has 0 unspecified atom stereocenters. The molecule has 6 heteroatoms. The molecule has 3 aromatic heterocycles. The molecule has 0 N–H and O–H groups in total. The fourth-order valence-corrected chi connectivity index (χ4v) is 3.18. The molecule has 0 amide bonds. The van der Waals surface area contributed by atoms with Gasteiger partial charge in [-0.3, -0.25) is 0 Å². The number of rotatable bonds is 4. The highest BCUT2D eigenvalue weighted by Crippen LogP contribution is 2.22. The second-order valence-electron chi connectivity index (χ2n) is 6.46. The number of nitrogens with zero attached hydrogens (tertiary/aromatic N) is 5. The van der Waals surface area contributed by atoms with Gasteiger partial charge in [-0.05, 0) is 24.3 Å². The summed E-state index contributed by atoms with van der Waals surface area (Å²) < 4.78 is 7.70. The molecule has 5 rings (SSSR count). The van der Waals surface area contributed by atoms with Crippen molar-refractivity contribution in [2.24, 2.45) is 0 Å². The van der Waals surface area contributed by atoms with Crippen LogP contribution in [0.25, 0.3) is 28.0 Å². The van der Waals surface area contributed by atoms with E-state index in [9.17, 15) is 0 Å². The predicted molar refractivity (Wildman–Crippen MR) is 105 cm³/mol. The average Bonchev–Trinajstić information content (AvgIpc) is 3.31. The van der Waals surface area contributed by atoms with Gasteiger partial charge < -0.3 is 9.32 Å². The van der Waals surface area contributed by atoms with Gasteiger partial charge in [0.25, 0.3) is 0 Å². The summed E-state index contributed by atoms with van der Waals surface area (Å²) >= 11 is 0. The first-order valence-corrected chi connectivity index (χ1v) is 8.74. The molecule has 0 bridgehead atoms. The number of aromatic nitrogens is 4. The maximum absolute atomic E-state index is 5.92. The Bertz CT molecular complexity index is 1190. The van der Waals surface area contributed by atoms with Gasteiger partial charge >= 0.3 is 0 Å². The number of fused-ring (bicyclic) bond motifs is 2. The first kappa shape index (κ1) is 15.6. The molecule has 0 spiro atoms. The Morgan fingerprint density at radius 3 is 2.59 bits per heavy atom. The zero-order chi connectivity index (χ0) is 18.2. The second kappa shape index (κ2) is 6.25. The van der Waals surface area contributed by atoms with Gasteiger partial charge in [0, 0.05) is 18.0 Å². The molecule has 0 saturated heterocycles. The third kappa shape index (κ3) is 2.81. The Hall–Kier alpha value is -3.67. The van der Waals surface area contributed by atoms with Crippen molar-refractivity contribution >= 4 is 22.4 Å². The van der Waals surface area contributed by atoms with Crippen LogP contribution in [0.3, 0.4) is 0 Å². The minimum absolute atomic E-state index is 0.621. The fourth-order valence-electron chi connectivity index (χ4n) is 3.18. The Balaban J connectivity index is 1.48. The van der Waals surface area contributed by atoms with Gasteiger partial charge in [0.2, 0.25) is 0 Å². The molecule has 0 aliphatic rings. The van der Waals surface area contributed by atoms with Crippen molar-refractivity contribution in [3.05, 3.63) is 78.6 Å². The molecule has 0 radical (unpaired) electrons. The largest absolute Gasteiger partial charge is 0.459 e. The lowest BCUT2D eigenvalue weighted by Crippen LogP contribution is -2.18. The third-order valence-corrected chi connectivity index (χ3v) is 4.54. The smallest absolute Gasteiger partial charge is 0.185 e. The quantitative estimate of drug-likeness (QED) is 0.484. The zero-order valence-electron chi connectivity index (χ0n) is 14.8. The highest BCUT2D eigenvalue weighted by molar-refractivity contribution is 5.77. The van der Waals surface area contributed by atoms with Crippen LogP contribution < -0.4 is 4.90 Å². The van der Waals surface area contributed by atoms with Gasteiger partial charge in [0.05, 0.1) is 6.54 Å². The lowest BCUT2D eigenvalue weighted by Gasteiger charge is -2.16. The summed E-state index contributed by atoms with van der Waals surface area (Å²) in [7, 11) is 1.99. The molecule has 0 aliphatic carbocycles. The van der Waals surface area contributed by atoms with E-state index in [2.05, 4.69) is 22.3 Å². The molecule has 0 aliphatic heterocycles. The van der Waals surface area contributed by atoms with E-state index in [1.54, 1.807) is 4.52 Å². The summed E-state index contributed by atoms with van der Waals surface area (Å²) in [5.41, 5.74) is 2.60. The number of furan rings is 1. The predicted octanol–water partition coefficient (Wildman–Crippen LogP) is 4.17. The Morgan fingerprint density at radius 2 is 1.74 bits per heavy atom. The summed E-state index contributed by atoms with van der Waals surface area (Å²) in [5, 5.41) is 14.4. The fraction of sp³-hybridized carbons (Fsp3) is 0.0952. The zero-order valence-corrected chi connectivity index (χ0v) is 14.8. The number of anilines is 1. The van der Waals surface area contributed by atoms with E-state index in [4.69, 9.17) is 9.52 Å². The van der Waals surface area contributed by atoms with Crippen LogP contribution in [-0.2, 0) is 6.54 Å². The van der Waals surface area contributed by atoms with E-state index in [1.807, 2.05) is 72.6 Å². The summed E-state index contributed by atoms with van der Waals surface area (Å²) in [6, 6.07) is 23.9. The highest BCUT2D eigenvalue weighted by Gasteiger charge is 2.13. The first-order chi connectivity index (χ1) is 13.3. The van der Waals surface area contributed by atoms with Gasteiger partial charge in [-0.2, -0.15) is 4.52 Å². The number of benzene rings is 2.